The summed E-state index contributed by atoms with van der Waals surface area (Å²) in [5.74, 6) is 0.171. The highest BCUT2D eigenvalue weighted by Gasteiger charge is 2.34. The molecule has 3 heterocycles. The van der Waals surface area contributed by atoms with Crippen LogP contribution in [0, 0.1) is 0 Å². The van der Waals surface area contributed by atoms with Crippen molar-refractivity contribution in [1.82, 2.24) is 20.5 Å². The number of piperidine rings is 2. The predicted molar refractivity (Wildman–Crippen MR) is 91.2 cm³/mol. The van der Waals surface area contributed by atoms with Crippen molar-refractivity contribution in [2.24, 2.45) is 0 Å². The highest BCUT2D eigenvalue weighted by molar-refractivity contribution is 5.79. The number of nitrogens with zero attached hydrogens (tertiary/aromatic N) is 2. The van der Waals surface area contributed by atoms with Gasteiger partial charge in [0, 0.05) is 23.9 Å². The molecule has 23 heavy (non-hydrogen) atoms. The SMILES string of the molecule is O=C(CN1CCCCC1)NC1(Cc2ccccn2)CCNCC1. The lowest BCUT2D eigenvalue weighted by atomic mass is 9.83. The summed E-state index contributed by atoms with van der Waals surface area (Å²) in [6, 6.07) is 6.01. The van der Waals surface area contributed by atoms with Crippen molar-refractivity contribution < 1.29 is 4.79 Å². The van der Waals surface area contributed by atoms with Gasteiger partial charge < -0.3 is 10.6 Å². The zero-order valence-electron chi connectivity index (χ0n) is 13.9. The van der Waals surface area contributed by atoms with Gasteiger partial charge in [-0.1, -0.05) is 12.5 Å². The van der Waals surface area contributed by atoms with E-state index in [9.17, 15) is 4.79 Å². The zero-order chi connectivity index (χ0) is 16.0. The van der Waals surface area contributed by atoms with Crippen LogP contribution >= 0.6 is 0 Å². The van der Waals surface area contributed by atoms with Gasteiger partial charge in [-0.05, 0) is 64.0 Å². The van der Waals surface area contributed by atoms with Gasteiger partial charge in [0.05, 0.1) is 6.54 Å². The minimum atomic E-state index is -0.146. The van der Waals surface area contributed by atoms with Crippen molar-refractivity contribution in [1.29, 1.82) is 0 Å². The van der Waals surface area contributed by atoms with Crippen LogP contribution in [0.25, 0.3) is 0 Å². The molecule has 0 atom stereocenters. The second-order valence-corrected chi connectivity index (χ2v) is 6.91. The van der Waals surface area contributed by atoms with Crippen LogP contribution in [0.4, 0.5) is 0 Å². The Morgan fingerprint density at radius 3 is 2.70 bits per heavy atom. The molecule has 2 N–H and O–H groups in total. The Morgan fingerprint density at radius 2 is 2.00 bits per heavy atom. The summed E-state index contributed by atoms with van der Waals surface area (Å²) in [6.07, 6.45) is 8.32. The van der Waals surface area contributed by atoms with E-state index in [-0.39, 0.29) is 11.4 Å². The molecule has 2 aliphatic heterocycles. The molecule has 0 saturated carbocycles. The summed E-state index contributed by atoms with van der Waals surface area (Å²) in [5.41, 5.74) is 0.916. The fourth-order valence-corrected chi connectivity index (χ4v) is 3.76. The topological polar surface area (TPSA) is 57.3 Å². The number of carbonyl (C=O) groups excluding carboxylic acids is 1. The molecule has 0 radical (unpaired) electrons. The molecule has 1 amide bonds. The van der Waals surface area contributed by atoms with Gasteiger partial charge in [0.1, 0.15) is 0 Å². The minimum Gasteiger partial charge on any atom is -0.349 e. The Morgan fingerprint density at radius 1 is 1.22 bits per heavy atom. The molecule has 0 aliphatic carbocycles. The van der Waals surface area contributed by atoms with Crippen molar-refractivity contribution in [3.63, 3.8) is 0 Å². The molecular weight excluding hydrogens is 288 g/mol. The third-order valence-electron chi connectivity index (χ3n) is 5.03. The Kier molecular flexibility index (Phi) is 5.62. The lowest BCUT2D eigenvalue weighted by Gasteiger charge is -2.39. The van der Waals surface area contributed by atoms with Crippen molar-refractivity contribution >= 4 is 5.91 Å². The number of amides is 1. The quantitative estimate of drug-likeness (QED) is 0.861. The maximum Gasteiger partial charge on any atom is 0.234 e. The summed E-state index contributed by atoms with van der Waals surface area (Å²) >= 11 is 0. The van der Waals surface area contributed by atoms with E-state index in [1.54, 1.807) is 0 Å². The molecule has 126 valence electrons. The van der Waals surface area contributed by atoms with Crippen LogP contribution in [0.2, 0.25) is 0 Å². The lowest BCUT2D eigenvalue weighted by Crippen LogP contribution is -2.57. The number of likely N-dealkylation sites (tertiary alicyclic amines) is 1. The maximum absolute atomic E-state index is 12.6. The smallest absolute Gasteiger partial charge is 0.234 e. The molecule has 0 spiro atoms. The normalized spacial score (nSPS) is 21.7. The Hall–Kier alpha value is -1.46. The van der Waals surface area contributed by atoms with Gasteiger partial charge in [0.25, 0.3) is 0 Å². The van der Waals surface area contributed by atoms with E-state index >= 15 is 0 Å². The molecule has 2 aliphatic rings. The second kappa shape index (κ2) is 7.88. The molecule has 5 nitrogen and oxygen atoms in total. The molecule has 0 aromatic carbocycles. The summed E-state index contributed by atoms with van der Waals surface area (Å²) < 4.78 is 0. The van der Waals surface area contributed by atoms with Gasteiger partial charge in [-0.2, -0.15) is 0 Å². The minimum absolute atomic E-state index is 0.146. The van der Waals surface area contributed by atoms with Crippen molar-refractivity contribution in [3.8, 4) is 0 Å². The molecular formula is C18H28N4O. The fraction of sp³-hybridized carbons (Fsp3) is 0.667. The summed E-state index contributed by atoms with van der Waals surface area (Å²) in [6.45, 7) is 4.56. The highest BCUT2D eigenvalue weighted by atomic mass is 16.2. The molecule has 1 aromatic heterocycles. The van der Waals surface area contributed by atoms with E-state index in [1.165, 1.54) is 19.3 Å². The summed E-state index contributed by atoms with van der Waals surface area (Å²) in [7, 11) is 0. The maximum atomic E-state index is 12.6. The van der Waals surface area contributed by atoms with Crippen LogP contribution in [-0.4, -0.2) is 54.1 Å². The number of aromatic nitrogens is 1. The Bertz CT molecular complexity index is 493. The van der Waals surface area contributed by atoms with Gasteiger partial charge in [0.15, 0.2) is 0 Å². The van der Waals surface area contributed by atoms with E-state index in [4.69, 9.17) is 0 Å². The fourth-order valence-electron chi connectivity index (χ4n) is 3.76. The van der Waals surface area contributed by atoms with Crippen LogP contribution in [0.15, 0.2) is 24.4 Å². The van der Waals surface area contributed by atoms with Crippen LogP contribution < -0.4 is 10.6 Å². The molecule has 1 aromatic rings. The van der Waals surface area contributed by atoms with Crippen molar-refractivity contribution in [2.75, 3.05) is 32.7 Å². The van der Waals surface area contributed by atoms with Crippen LogP contribution in [-0.2, 0) is 11.2 Å². The first-order valence-electron chi connectivity index (χ1n) is 8.90. The Labute approximate surface area is 138 Å². The molecule has 5 heteroatoms. The third kappa shape index (κ3) is 4.75. The average Bonchev–Trinajstić information content (AvgIpc) is 2.57. The van der Waals surface area contributed by atoms with Gasteiger partial charge in [0.2, 0.25) is 5.91 Å². The number of carbonyl (C=O) groups is 1. The van der Waals surface area contributed by atoms with E-state index < -0.39 is 0 Å². The predicted octanol–water partition coefficient (Wildman–Crippen LogP) is 1.35. The molecule has 3 rings (SSSR count). The van der Waals surface area contributed by atoms with Crippen molar-refractivity contribution in [2.45, 2.75) is 44.1 Å². The van der Waals surface area contributed by atoms with E-state index in [1.807, 2.05) is 18.3 Å². The molecule has 0 unspecified atom stereocenters. The summed E-state index contributed by atoms with van der Waals surface area (Å²) in [4.78, 5) is 19.3. The molecule has 2 saturated heterocycles. The largest absolute Gasteiger partial charge is 0.349 e. The highest BCUT2D eigenvalue weighted by Crippen LogP contribution is 2.23. The van der Waals surface area contributed by atoms with Crippen LogP contribution in [0.3, 0.4) is 0 Å². The van der Waals surface area contributed by atoms with Crippen molar-refractivity contribution in [3.05, 3.63) is 30.1 Å². The average molecular weight is 316 g/mol. The van der Waals surface area contributed by atoms with E-state index in [0.29, 0.717) is 6.54 Å². The number of pyridine rings is 1. The standard InChI is InChI=1S/C18H28N4O/c23-17(15-22-12-4-1-5-13-22)21-18(7-10-19-11-8-18)14-16-6-2-3-9-20-16/h2-3,6,9,19H,1,4-5,7-8,10-15H2,(H,21,23). The van der Waals surface area contributed by atoms with Gasteiger partial charge in [-0.3, -0.25) is 14.7 Å². The number of hydrogen-bond donors (Lipinski definition) is 2. The first-order valence-corrected chi connectivity index (χ1v) is 8.90. The number of rotatable bonds is 5. The molecule has 2 fully saturated rings. The number of nitrogens with one attached hydrogen (secondary N) is 2. The van der Waals surface area contributed by atoms with Gasteiger partial charge in [-0.25, -0.2) is 0 Å². The lowest BCUT2D eigenvalue weighted by molar-refractivity contribution is -0.124. The monoisotopic (exact) mass is 316 g/mol. The second-order valence-electron chi connectivity index (χ2n) is 6.91. The van der Waals surface area contributed by atoms with E-state index in [0.717, 1.165) is 51.1 Å². The first-order chi connectivity index (χ1) is 11.3. The van der Waals surface area contributed by atoms with Crippen LogP contribution in [0.1, 0.15) is 37.8 Å². The Balaban J connectivity index is 1.62. The van der Waals surface area contributed by atoms with Crippen LogP contribution in [0.5, 0.6) is 0 Å². The third-order valence-corrected chi connectivity index (χ3v) is 5.03. The number of hydrogen-bond acceptors (Lipinski definition) is 4. The van der Waals surface area contributed by atoms with Gasteiger partial charge in [-0.15, -0.1) is 0 Å². The molecule has 0 bridgehead atoms. The zero-order valence-corrected chi connectivity index (χ0v) is 13.9. The summed E-state index contributed by atoms with van der Waals surface area (Å²) in [5, 5.41) is 6.77. The van der Waals surface area contributed by atoms with E-state index in [2.05, 4.69) is 26.6 Å². The first kappa shape index (κ1) is 16.4. The van der Waals surface area contributed by atoms with Gasteiger partial charge >= 0.3 is 0 Å².